The number of rotatable bonds is 5. The summed E-state index contributed by atoms with van der Waals surface area (Å²) in [4.78, 5) is 13.6. The van der Waals surface area contributed by atoms with Gasteiger partial charge in [-0.25, -0.2) is 17.2 Å². The number of carbonyl (C=O) groups excluding carboxylic acids is 1. The fourth-order valence-corrected chi connectivity index (χ4v) is 7.60. The minimum atomic E-state index is -5.13. The first-order chi connectivity index (χ1) is 16.8. The van der Waals surface area contributed by atoms with E-state index in [1.165, 1.54) is 24.3 Å². The first kappa shape index (κ1) is 26.9. The number of alkyl halides is 3. The fourth-order valence-electron chi connectivity index (χ4n) is 4.71. The number of hydrogen-bond donors (Lipinski definition) is 1. The maximum Gasteiger partial charge on any atom is 0.592 e. The number of hydrogen-bond acceptors (Lipinski definition) is 6. The van der Waals surface area contributed by atoms with E-state index >= 15 is 4.39 Å². The standard InChI is InChI=1S/C21H18ClF5N2O5S2/c22-12-2-4-13(5-3-12)36(32,33)20-8-1-9-29(17(30)10-28-35(31)21(25,26)27)16(20)11-34-19-15(24)7-6-14(23)18(19)20/h2-7,16,28H,1,8-11H2/t16-,20+,35?/m1/s1. The number of amides is 1. The number of fused-ring (bicyclic) bond motifs is 3. The third-order valence-electron chi connectivity index (χ3n) is 6.22. The zero-order valence-corrected chi connectivity index (χ0v) is 20.5. The second-order valence-corrected chi connectivity index (χ2v) is 12.1. The first-order valence-electron chi connectivity index (χ1n) is 10.4. The van der Waals surface area contributed by atoms with Crippen LogP contribution < -0.4 is 9.46 Å². The van der Waals surface area contributed by atoms with Crippen molar-refractivity contribution in [2.45, 2.75) is 34.0 Å². The summed E-state index contributed by atoms with van der Waals surface area (Å²) in [7, 11) is -4.57. The van der Waals surface area contributed by atoms with Crippen LogP contribution in [0.4, 0.5) is 22.0 Å². The van der Waals surface area contributed by atoms with Crippen LogP contribution in [-0.2, 0) is 30.7 Å². The van der Waals surface area contributed by atoms with E-state index in [2.05, 4.69) is 0 Å². The molecule has 1 amide bonds. The summed E-state index contributed by atoms with van der Waals surface area (Å²) in [5.41, 5.74) is -5.73. The Morgan fingerprint density at radius 3 is 2.47 bits per heavy atom. The number of benzene rings is 2. The van der Waals surface area contributed by atoms with Gasteiger partial charge in [-0.15, -0.1) is 17.9 Å². The third kappa shape index (κ3) is 4.42. The summed E-state index contributed by atoms with van der Waals surface area (Å²) in [5.74, 6) is -3.73. The summed E-state index contributed by atoms with van der Waals surface area (Å²) < 4.78 is 112. The molecule has 36 heavy (non-hydrogen) atoms. The number of ether oxygens (including phenoxy) is 1. The van der Waals surface area contributed by atoms with Gasteiger partial charge < -0.3 is 14.2 Å². The van der Waals surface area contributed by atoms with E-state index < -0.39 is 79.5 Å². The van der Waals surface area contributed by atoms with Gasteiger partial charge in [-0.1, -0.05) is 11.6 Å². The Balaban J connectivity index is 1.84. The van der Waals surface area contributed by atoms with Crippen LogP contribution in [0.15, 0.2) is 41.3 Å². The van der Waals surface area contributed by atoms with Crippen molar-refractivity contribution in [2.24, 2.45) is 0 Å². The number of nitrogens with one attached hydrogen (secondary N) is 1. The molecule has 3 atom stereocenters. The highest BCUT2D eigenvalue weighted by Gasteiger charge is 2.61. The second-order valence-electron chi connectivity index (χ2n) is 8.13. The van der Waals surface area contributed by atoms with Gasteiger partial charge in [0.1, 0.15) is 23.7 Å². The SMILES string of the molecule is O=C(CN[S+]([O-])C(F)(F)F)N1CCC[C@@]2(S(=O)(=O)c3ccc(Cl)cc3)c3c(F)ccc(F)c3OC[C@@H]12. The molecular formula is C21H18ClF5N2O5S2. The molecule has 4 rings (SSSR count). The summed E-state index contributed by atoms with van der Waals surface area (Å²) in [6.45, 7) is -1.72. The van der Waals surface area contributed by atoms with Crippen LogP contribution in [0.25, 0.3) is 0 Å². The van der Waals surface area contributed by atoms with Crippen molar-refractivity contribution < 1.29 is 44.5 Å². The number of likely N-dealkylation sites (tertiary alicyclic amines) is 1. The Morgan fingerprint density at radius 2 is 1.83 bits per heavy atom. The molecular weight excluding hydrogens is 555 g/mol. The van der Waals surface area contributed by atoms with Gasteiger partial charge in [-0.3, -0.25) is 4.79 Å². The van der Waals surface area contributed by atoms with Gasteiger partial charge in [0, 0.05) is 11.6 Å². The van der Waals surface area contributed by atoms with E-state index in [9.17, 15) is 35.3 Å². The molecule has 15 heteroatoms. The van der Waals surface area contributed by atoms with Crippen molar-refractivity contribution in [3.8, 4) is 5.75 Å². The predicted octanol–water partition coefficient (Wildman–Crippen LogP) is 3.44. The molecule has 0 bridgehead atoms. The van der Waals surface area contributed by atoms with E-state index in [4.69, 9.17) is 16.3 Å². The quantitative estimate of drug-likeness (QED) is 0.435. The molecule has 0 saturated carbocycles. The summed E-state index contributed by atoms with van der Waals surface area (Å²) in [6.07, 6.45) is -0.238. The van der Waals surface area contributed by atoms with Crippen LogP contribution in [0.1, 0.15) is 18.4 Å². The molecule has 2 aromatic carbocycles. The Morgan fingerprint density at radius 1 is 1.19 bits per heavy atom. The van der Waals surface area contributed by atoms with Crippen molar-refractivity contribution >= 4 is 38.7 Å². The smallest absolute Gasteiger partial charge is 0.591 e. The van der Waals surface area contributed by atoms with Crippen LogP contribution in [0, 0.1) is 11.6 Å². The highest BCUT2D eigenvalue weighted by molar-refractivity contribution is 7.92. The van der Waals surface area contributed by atoms with Crippen molar-refractivity contribution in [2.75, 3.05) is 19.7 Å². The molecule has 2 aromatic rings. The van der Waals surface area contributed by atoms with E-state index in [1.807, 2.05) is 0 Å². The predicted molar refractivity (Wildman–Crippen MR) is 119 cm³/mol. The Kier molecular flexibility index (Phi) is 7.20. The summed E-state index contributed by atoms with van der Waals surface area (Å²) >= 11 is 2.33. The summed E-state index contributed by atoms with van der Waals surface area (Å²) in [5, 5.41) is 0.219. The van der Waals surface area contributed by atoms with Gasteiger partial charge in [-0.2, -0.15) is 0 Å². The molecule has 1 fully saturated rings. The number of nitrogens with zero attached hydrogens (tertiary/aromatic N) is 1. The zero-order chi connectivity index (χ0) is 26.5. The fraction of sp³-hybridized carbons (Fsp3) is 0.381. The highest BCUT2D eigenvalue weighted by Crippen LogP contribution is 2.53. The molecule has 2 heterocycles. The van der Waals surface area contributed by atoms with E-state index in [1.54, 1.807) is 4.72 Å². The largest absolute Gasteiger partial charge is 0.592 e. The van der Waals surface area contributed by atoms with Crippen LogP contribution >= 0.6 is 11.6 Å². The van der Waals surface area contributed by atoms with Crippen LogP contribution in [0.5, 0.6) is 5.75 Å². The lowest BCUT2D eigenvalue weighted by atomic mass is 9.80. The van der Waals surface area contributed by atoms with E-state index in [-0.39, 0.29) is 29.3 Å². The first-order valence-corrected chi connectivity index (χ1v) is 13.4. The maximum atomic E-state index is 15.3. The minimum Gasteiger partial charge on any atom is -0.591 e. The van der Waals surface area contributed by atoms with Crippen LogP contribution in [-0.4, -0.2) is 55.0 Å². The monoisotopic (exact) mass is 572 g/mol. The van der Waals surface area contributed by atoms with Gasteiger partial charge in [0.2, 0.25) is 5.91 Å². The zero-order valence-electron chi connectivity index (χ0n) is 18.1. The van der Waals surface area contributed by atoms with Crippen molar-refractivity contribution in [1.82, 2.24) is 9.62 Å². The van der Waals surface area contributed by atoms with Gasteiger partial charge in [0.15, 0.2) is 32.8 Å². The molecule has 0 aliphatic carbocycles. The Bertz CT molecular complexity index is 1280. The molecule has 1 N–H and O–H groups in total. The number of halogens is 6. The van der Waals surface area contributed by atoms with Gasteiger partial charge in [-0.05, 0) is 49.2 Å². The normalized spacial score (nSPS) is 22.9. The number of sulfone groups is 1. The minimum absolute atomic E-state index is 0.00713. The lowest BCUT2D eigenvalue weighted by Gasteiger charge is -2.51. The molecule has 7 nitrogen and oxygen atoms in total. The second kappa shape index (κ2) is 9.63. The molecule has 0 spiro atoms. The van der Waals surface area contributed by atoms with E-state index in [0.717, 1.165) is 17.0 Å². The van der Waals surface area contributed by atoms with Gasteiger partial charge in [0.05, 0.1) is 16.5 Å². The Labute approximate surface area is 210 Å². The van der Waals surface area contributed by atoms with E-state index in [0.29, 0.717) is 0 Å². The van der Waals surface area contributed by atoms with Crippen LogP contribution in [0.2, 0.25) is 5.02 Å². The molecule has 0 aromatic heterocycles. The highest BCUT2D eigenvalue weighted by atomic mass is 35.5. The molecule has 2 aliphatic rings. The lowest BCUT2D eigenvalue weighted by molar-refractivity contribution is -0.136. The van der Waals surface area contributed by atoms with Crippen molar-refractivity contribution in [3.63, 3.8) is 0 Å². The summed E-state index contributed by atoms with van der Waals surface area (Å²) in [6, 6.07) is 5.06. The lowest BCUT2D eigenvalue weighted by Crippen LogP contribution is -2.65. The third-order valence-corrected chi connectivity index (χ3v) is 9.83. The van der Waals surface area contributed by atoms with Crippen molar-refractivity contribution in [3.05, 3.63) is 58.6 Å². The van der Waals surface area contributed by atoms with Crippen molar-refractivity contribution in [1.29, 1.82) is 0 Å². The average Bonchev–Trinajstić information content (AvgIpc) is 2.83. The topological polar surface area (TPSA) is 98.8 Å². The average molecular weight is 573 g/mol. The number of piperidine rings is 1. The molecule has 1 unspecified atom stereocenters. The maximum absolute atomic E-state index is 15.3. The number of carbonyl (C=O) groups is 1. The van der Waals surface area contributed by atoms with Gasteiger partial charge >= 0.3 is 5.51 Å². The Hall–Kier alpha value is -2.13. The molecule has 1 saturated heterocycles. The van der Waals surface area contributed by atoms with Crippen LogP contribution in [0.3, 0.4) is 0 Å². The molecule has 2 aliphatic heterocycles. The van der Waals surface area contributed by atoms with Gasteiger partial charge in [0.25, 0.3) is 0 Å². The molecule has 0 radical (unpaired) electrons. The molecule has 196 valence electrons.